The Hall–Kier alpha value is -0.890. The fourth-order valence-electron chi connectivity index (χ4n) is 2.26. The number of hydrogen-bond donors (Lipinski definition) is 2. The topological polar surface area (TPSA) is 94.3 Å². The van der Waals surface area contributed by atoms with Gasteiger partial charge in [0.2, 0.25) is 10.0 Å². The Morgan fingerprint density at radius 2 is 2.35 bits per heavy atom. The van der Waals surface area contributed by atoms with Gasteiger partial charge >= 0.3 is 0 Å². The molecule has 1 aromatic heterocycles. The van der Waals surface area contributed by atoms with Crippen molar-refractivity contribution in [1.29, 1.82) is 0 Å². The number of nitrogens with two attached hydrogens (primary N) is 1. The SMILES string of the molecule is CCC1OCCC1CNS(=O)(=O)c1cnc(N)c(Cl)c1. The lowest BCUT2D eigenvalue weighted by Gasteiger charge is -2.17. The molecule has 112 valence electrons. The van der Waals surface area contributed by atoms with E-state index in [9.17, 15) is 8.42 Å². The Bertz CT molecular complexity index is 579. The van der Waals surface area contributed by atoms with Crippen molar-refractivity contribution in [2.45, 2.75) is 30.8 Å². The average Bonchev–Trinajstić information content (AvgIpc) is 2.87. The van der Waals surface area contributed by atoms with E-state index in [0.29, 0.717) is 13.2 Å². The zero-order chi connectivity index (χ0) is 14.8. The Labute approximate surface area is 123 Å². The van der Waals surface area contributed by atoms with Crippen molar-refractivity contribution in [3.8, 4) is 0 Å². The van der Waals surface area contributed by atoms with Gasteiger partial charge in [-0.1, -0.05) is 18.5 Å². The van der Waals surface area contributed by atoms with Crippen LogP contribution in [0.15, 0.2) is 17.2 Å². The number of nitrogens with one attached hydrogen (secondary N) is 1. The summed E-state index contributed by atoms with van der Waals surface area (Å²) < 4.78 is 32.4. The molecule has 2 atom stereocenters. The number of anilines is 1. The van der Waals surface area contributed by atoms with Crippen molar-refractivity contribution >= 4 is 27.4 Å². The maximum Gasteiger partial charge on any atom is 0.242 e. The quantitative estimate of drug-likeness (QED) is 0.855. The van der Waals surface area contributed by atoms with Crippen LogP contribution < -0.4 is 10.5 Å². The lowest BCUT2D eigenvalue weighted by molar-refractivity contribution is 0.0884. The van der Waals surface area contributed by atoms with Crippen LogP contribution in [-0.2, 0) is 14.8 Å². The molecule has 8 heteroatoms. The van der Waals surface area contributed by atoms with Crippen molar-refractivity contribution < 1.29 is 13.2 Å². The van der Waals surface area contributed by atoms with E-state index in [1.807, 2.05) is 6.92 Å². The standard InChI is InChI=1S/C12H18ClN3O3S/c1-2-11-8(3-4-19-11)6-16-20(17,18)9-5-10(13)12(14)15-7-9/h5,7-8,11,16H,2-4,6H2,1H3,(H2,14,15). The lowest BCUT2D eigenvalue weighted by Crippen LogP contribution is -2.32. The molecule has 0 spiro atoms. The molecule has 0 aromatic carbocycles. The molecule has 20 heavy (non-hydrogen) atoms. The zero-order valence-corrected chi connectivity index (χ0v) is 12.7. The largest absolute Gasteiger partial charge is 0.382 e. The van der Waals surface area contributed by atoms with Crippen LogP contribution in [0.1, 0.15) is 19.8 Å². The summed E-state index contributed by atoms with van der Waals surface area (Å²) in [6.07, 6.45) is 3.06. The van der Waals surface area contributed by atoms with Gasteiger partial charge in [0.25, 0.3) is 0 Å². The van der Waals surface area contributed by atoms with E-state index < -0.39 is 10.0 Å². The third-order valence-corrected chi connectivity index (χ3v) is 5.13. The van der Waals surface area contributed by atoms with Gasteiger partial charge in [-0.15, -0.1) is 0 Å². The normalized spacial score (nSPS) is 23.1. The molecule has 1 aliphatic rings. The maximum absolute atomic E-state index is 12.2. The van der Waals surface area contributed by atoms with E-state index >= 15 is 0 Å². The van der Waals surface area contributed by atoms with Crippen LogP contribution in [0, 0.1) is 5.92 Å². The number of nitrogens with zero attached hydrogens (tertiary/aromatic N) is 1. The van der Waals surface area contributed by atoms with Crippen molar-refractivity contribution in [2.24, 2.45) is 5.92 Å². The number of halogens is 1. The van der Waals surface area contributed by atoms with Gasteiger partial charge in [0.05, 0.1) is 11.1 Å². The molecule has 0 saturated carbocycles. The third-order valence-electron chi connectivity index (χ3n) is 3.44. The molecule has 1 aromatic rings. The second-order valence-electron chi connectivity index (χ2n) is 4.76. The minimum atomic E-state index is -3.63. The third kappa shape index (κ3) is 3.41. The van der Waals surface area contributed by atoms with Crippen molar-refractivity contribution in [3.05, 3.63) is 17.3 Å². The van der Waals surface area contributed by atoms with Gasteiger partial charge in [-0.2, -0.15) is 0 Å². The Balaban J connectivity index is 2.05. The van der Waals surface area contributed by atoms with Crippen molar-refractivity contribution in [1.82, 2.24) is 9.71 Å². The molecule has 6 nitrogen and oxygen atoms in total. The zero-order valence-electron chi connectivity index (χ0n) is 11.2. The summed E-state index contributed by atoms with van der Waals surface area (Å²) in [6, 6.07) is 1.30. The molecule has 2 heterocycles. The molecule has 0 radical (unpaired) electrons. The maximum atomic E-state index is 12.2. The molecule has 3 N–H and O–H groups in total. The first-order valence-corrected chi connectivity index (χ1v) is 8.32. The number of rotatable bonds is 5. The van der Waals surface area contributed by atoms with Crippen LogP contribution >= 0.6 is 11.6 Å². The first-order valence-electron chi connectivity index (χ1n) is 6.46. The van der Waals surface area contributed by atoms with Gasteiger partial charge in [0.1, 0.15) is 10.7 Å². The first kappa shape index (κ1) is 15.5. The van der Waals surface area contributed by atoms with E-state index in [1.165, 1.54) is 12.3 Å². The monoisotopic (exact) mass is 319 g/mol. The molecular weight excluding hydrogens is 302 g/mol. The number of sulfonamides is 1. The number of ether oxygens (including phenoxy) is 1. The van der Waals surface area contributed by atoms with Crippen LogP contribution in [0.25, 0.3) is 0 Å². The molecule has 0 amide bonds. The van der Waals surface area contributed by atoms with Gasteiger partial charge < -0.3 is 10.5 Å². The van der Waals surface area contributed by atoms with Gasteiger partial charge in [0.15, 0.2) is 0 Å². The van der Waals surface area contributed by atoms with Crippen LogP contribution in [0.4, 0.5) is 5.82 Å². The van der Waals surface area contributed by atoms with E-state index in [0.717, 1.165) is 12.8 Å². The summed E-state index contributed by atoms with van der Waals surface area (Å²) in [7, 11) is -3.63. The molecule has 1 aliphatic heterocycles. The summed E-state index contributed by atoms with van der Waals surface area (Å²) in [5.74, 6) is 0.313. The average molecular weight is 320 g/mol. The Morgan fingerprint density at radius 1 is 1.60 bits per heavy atom. The molecule has 1 saturated heterocycles. The van der Waals surface area contributed by atoms with Gasteiger partial charge in [-0.3, -0.25) is 0 Å². The Morgan fingerprint density at radius 3 is 3.00 bits per heavy atom. The van der Waals surface area contributed by atoms with E-state index in [1.54, 1.807) is 0 Å². The van der Waals surface area contributed by atoms with Crippen molar-refractivity contribution in [3.63, 3.8) is 0 Å². The molecule has 1 fully saturated rings. The number of aromatic nitrogens is 1. The highest BCUT2D eigenvalue weighted by atomic mass is 35.5. The number of pyridine rings is 1. The minimum absolute atomic E-state index is 0.0173. The Kier molecular flexibility index (Phi) is 4.85. The van der Waals surface area contributed by atoms with Gasteiger partial charge in [-0.05, 0) is 18.9 Å². The summed E-state index contributed by atoms with van der Waals surface area (Å²) in [5.41, 5.74) is 5.47. The second-order valence-corrected chi connectivity index (χ2v) is 6.93. The summed E-state index contributed by atoms with van der Waals surface area (Å²) in [6.45, 7) is 3.06. The van der Waals surface area contributed by atoms with Gasteiger partial charge in [-0.25, -0.2) is 18.1 Å². The van der Waals surface area contributed by atoms with Crippen LogP contribution in [0.2, 0.25) is 5.02 Å². The number of nitrogen functional groups attached to an aromatic ring is 1. The summed E-state index contributed by atoms with van der Waals surface area (Å²) in [4.78, 5) is 3.78. The summed E-state index contributed by atoms with van der Waals surface area (Å²) in [5, 5.41) is 0.128. The molecule has 2 rings (SSSR count). The smallest absolute Gasteiger partial charge is 0.242 e. The van der Waals surface area contributed by atoms with Crippen LogP contribution in [0.5, 0.6) is 0 Å². The first-order chi connectivity index (χ1) is 9.44. The minimum Gasteiger partial charge on any atom is -0.382 e. The summed E-state index contributed by atoms with van der Waals surface area (Å²) >= 11 is 5.79. The molecular formula is C12H18ClN3O3S. The van der Waals surface area contributed by atoms with Crippen LogP contribution in [0.3, 0.4) is 0 Å². The van der Waals surface area contributed by atoms with Crippen molar-refractivity contribution in [2.75, 3.05) is 18.9 Å². The lowest BCUT2D eigenvalue weighted by atomic mass is 10.0. The predicted octanol–water partition coefficient (Wildman–Crippen LogP) is 1.41. The molecule has 0 aliphatic carbocycles. The highest BCUT2D eigenvalue weighted by Gasteiger charge is 2.28. The van der Waals surface area contributed by atoms with E-state index in [4.69, 9.17) is 22.1 Å². The number of hydrogen-bond acceptors (Lipinski definition) is 5. The fourth-order valence-corrected chi connectivity index (χ4v) is 3.55. The highest BCUT2D eigenvalue weighted by Crippen LogP contribution is 2.24. The van der Waals surface area contributed by atoms with E-state index in [2.05, 4.69) is 9.71 Å². The second kappa shape index (κ2) is 6.26. The van der Waals surface area contributed by atoms with Crippen LogP contribution in [-0.4, -0.2) is 32.7 Å². The van der Waals surface area contributed by atoms with Gasteiger partial charge in [0, 0.05) is 25.3 Å². The fraction of sp³-hybridized carbons (Fsp3) is 0.583. The predicted molar refractivity (Wildman–Crippen MR) is 77.0 cm³/mol. The molecule has 2 unspecified atom stereocenters. The van der Waals surface area contributed by atoms with E-state index in [-0.39, 0.29) is 27.8 Å². The molecule has 0 bridgehead atoms. The highest BCUT2D eigenvalue weighted by molar-refractivity contribution is 7.89.